The van der Waals surface area contributed by atoms with Crippen molar-refractivity contribution in [3.63, 3.8) is 0 Å². The van der Waals surface area contributed by atoms with Crippen molar-refractivity contribution in [1.29, 1.82) is 0 Å². The molecule has 1 unspecified atom stereocenters. The van der Waals surface area contributed by atoms with Gasteiger partial charge < -0.3 is 15.3 Å². The summed E-state index contributed by atoms with van der Waals surface area (Å²) in [4.78, 5) is 25.4. The van der Waals surface area contributed by atoms with Crippen LogP contribution in [-0.4, -0.2) is 59.6 Å². The summed E-state index contributed by atoms with van der Waals surface area (Å²) in [6.45, 7) is 10.3. The van der Waals surface area contributed by atoms with Gasteiger partial charge in [-0.15, -0.1) is 0 Å². The van der Waals surface area contributed by atoms with Gasteiger partial charge in [0.1, 0.15) is 0 Å². The van der Waals surface area contributed by atoms with Gasteiger partial charge in [-0.25, -0.2) is 4.79 Å². The third-order valence-electron chi connectivity index (χ3n) is 5.70. The number of carbonyl (C=O) groups is 2. The molecule has 1 aromatic rings. The van der Waals surface area contributed by atoms with E-state index in [4.69, 9.17) is 9.90 Å². The number of amides is 2. The number of hydrogen-bond donors (Lipinski definition) is 2. The van der Waals surface area contributed by atoms with Crippen LogP contribution in [0.4, 0.5) is 4.79 Å². The molecule has 0 aliphatic carbocycles. The number of aryl methyl sites for hydroxylation is 2. The minimum atomic E-state index is -0.250. The molecule has 1 atom stereocenters. The number of benzene rings is 1. The Morgan fingerprint density at radius 2 is 1.85 bits per heavy atom. The molecule has 2 aliphatic rings. The second-order valence-electron chi connectivity index (χ2n) is 7.51. The molecule has 2 heterocycles. The van der Waals surface area contributed by atoms with E-state index in [0.29, 0.717) is 6.04 Å². The van der Waals surface area contributed by atoms with Crippen LogP contribution in [0.25, 0.3) is 0 Å². The predicted molar refractivity (Wildman–Crippen MR) is 107 cm³/mol. The highest BCUT2D eigenvalue weighted by atomic mass is 16.3. The summed E-state index contributed by atoms with van der Waals surface area (Å²) in [7, 11) is 0. The first kappa shape index (κ1) is 21.2. The second kappa shape index (κ2) is 10.3. The minimum absolute atomic E-state index is 0.0911. The number of carbonyl (C=O) groups excluding carboxylic acids is 1. The zero-order chi connectivity index (χ0) is 19.8. The Morgan fingerprint density at radius 1 is 1.22 bits per heavy atom. The largest absolute Gasteiger partial charge is 0.483 e. The molecule has 0 bridgehead atoms. The molecule has 6 heteroatoms. The summed E-state index contributed by atoms with van der Waals surface area (Å²) in [5, 5.41) is 10.1. The second-order valence-corrected chi connectivity index (χ2v) is 7.51. The Labute approximate surface area is 162 Å². The van der Waals surface area contributed by atoms with Gasteiger partial charge in [0.05, 0.1) is 6.04 Å². The van der Waals surface area contributed by atoms with Gasteiger partial charge in [-0.2, -0.15) is 0 Å². The van der Waals surface area contributed by atoms with E-state index in [1.54, 1.807) is 0 Å². The highest BCUT2D eigenvalue weighted by Gasteiger charge is 2.35. The lowest BCUT2D eigenvalue weighted by Crippen LogP contribution is -2.63. The van der Waals surface area contributed by atoms with Crippen LogP contribution >= 0.6 is 0 Å². The van der Waals surface area contributed by atoms with Crippen LogP contribution in [0.2, 0.25) is 0 Å². The average Bonchev–Trinajstić information content (AvgIpc) is 2.62. The van der Waals surface area contributed by atoms with Crippen LogP contribution in [-0.2, 0) is 4.79 Å². The third-order valence-corrected chi connectivity index (χ3v) is 5.70. The average molecular weight is 376 g/mol. The molecule has 3 rings (SSSR count). The molecule has 0 spiro atoms. The normalized spacial score (nSPS) is 18.7. The van der Waals surface area contributed by atoms with Gasteiger partial charge in [0.15, 0.2) is 0 Å². The summed E-state index contributed by atoms with van der Waals surface area (Å²) in [6, 6.07) is 7.27. The quantitative estimate of drug-likeness (QED) is 0.792. The van der Waals surface area contributed by atoms with Crippen LogP contribution in [0.15, 0.2) is 18.2 Å². The molecule has 2 aliphatic heterocycles. The summed E-state index contributed by atoms with van der Waals surface area (Å²) in [5.74, 6) is 0. The van der Waals surface area contributed by atoms with Crippen molar-refractivity contribution in [2.75, 3.05) is 26.2 Å². The van der Waals surface area contributed by atoms with Crippen molar-refractivity contribution in [2.45, 2.75) is 58.5 Å². The maximum atomic E-state index is 12.5. The van der Waals surface area contributed by atoms with Crippen molar-refractivity contribution in [3.05, 3.63) is 34.9 Å². The third kappa shape index (κ3) is 5.70. The number of carboxylic acid groups (broad SMARTS) is 1. The van der Waals surface area contributed by atoms with E-state index in [9.17, 15) is 4.79 Å². The van der Waals surface area contributed by atoms with E-state index in [0.717, 1.165) is 19.5 Å². The Balaban J connectivity index is 0.000000817. The van der Waals surface area contributed by atoms with Gasteiger partial charge in [0.2, 0.25) is 0 Å². The first-order valence-electron chi connectivity index (χ1n) is 9.94. The molecule has 150 valence electrons. The van der Waals surface area contributed by atoms with E-state index in [2.05, 4.69) is 49.2 Å². The highest BCUT2D eigenvalue weighted by Crippen LogP contribution is 2.23. The topological polar surface area (TPSA) is 72.9 Å². The number of likely N-dealkylation sites (tertiary alicyclic amines) is 2. The zero-order valence-electron chi connectivity index (χ0n) is 16.8. The molecule has 0 aromatic heterocycles. The number of rotatable bonds is 4. The number of urea groups is 1. The van der Waals surface area contributed by atoms with Crippen molar-refractivity contribution >= 4 is 12.5 Å². The number of nitrogens with one attached hydrogen (secondary N) is 1. The first-order valence-corrected chi connectivity index (χ1v) is 9.94. The van der Waals surface area contributed by atoms with Crippen molar-refractivity contribution in [2.24, 2.45) is 0 Å². The monoisotopic (exact) mass is 375 g/mol. The minimum Gasteiger partial charge on any atom is -0.483 e. The molecule has 2 N–H and O–H groups in total. The maximum Gasteiger partial charge on any atom is 0.317 e. The molecule has 1 aromatic carbocycles. The van der Waals surface area contributed by atoms with Crippen LogP contribution < -0.4 is 5.32 Å². The fourth-order valence-electron chi connectivity index (χ4n) is 3.78. The van der Waals surface area contributed by atoms with E-state index >= 15 is 0 Å². The van der Waals surface area contributed by atoms with Gasteiger partial charge in [-0.3, -0.25) is 9.69 Å². The highest BCUT2D eigenvalue weighted by molar-refractivity contribution is 5.75. The Hall–Kier alpha value is -2.08. The molecule has 2 fully saturated rings. The number of hydrogen-bond acceptors (Lipinski definition) is 3. The Bertz CT molecular complexity index is 623. The van der Waals surface area contributed by atoms with Crippen LogP contribution in [0, 0.1) is 13.8 Å². The van der Waals surface area contributed by atoms with E-state index in [1.165, 1.54) is 49.0 Å². The maximum absolute atomic E-state index is 12.5. The van der Waals surface area contributed by atoms with Crippen LogP contribution in [0.5, 0.6) is 0 Å². The molecular weight excluding hydrogens is 342 g/mol. The lowest BCUT2D eigenvalue weighted by atomic mass is 9.99. The SMILES string of the molecule is CCC(NC(=O)N1CC(N2CCCCC2)C1)c1ccc(C)c(C)c1.O=CO. The first-order chi connectivity index (χ1) is 13.0. The molecule has 2 amide bonds. The molecular formula is C21H33N3O3. The smallest absolute Gasteiger partial charge is 0.317 e. The summed E-state index contributed by atoms with van der Waals surface area (Å²) >= 11 is 0. The van der Waals surface area contributed by atoms with Gasteiger partial charge in [0.25, 0.3) is 6.47 Å². The molecule has 0 radical (unpaired) electrons. The Morgan fingerprint density at radius 3 is 2.41 bits per heavy atom. The molecule has 0 saturated carbocycles. The lowest BCUT2D eigenvalue weighted by Gasteiger charge is -2.46. The predicted octanol–water partition coefficient (Wildman–Crippen LogP) is 3.34. The van der Waals surface area contributed by atoms with E-state index in [-0.39, 0.29) is 18.5 Å². The van der Waals surface area contributed by atoms with Crippen LogP contribution in [0.3, 0.4) is 0 Å². The van der Waals surface area contributed by atoms with Crippen LogP contribution in [0.1, 0.15) is 55.3 Å². The van der Waals surface area contributed by atoms with Crippen molar-refractivity contribution in [1.82, 2.24) is 15.1 Å². The number of piperidine rings is 1. The number of nitrogens with zero attached hydrogens (tertiary/aromatic N) is 2. The Kier molecular flexibility index (Phi) is 8.10. The van der Waals surface area contributed by atoms with E-state index < -0.39 is 0 Å². The zero-order valence-corrected chi connectivity index (χ0v) is 16.8. The standard InChI is InChI=1S/C20H31N3O.CH2O2/c1-4-19(17-9-8-15(2)16(3)12-17)21-20(24)23-13-18(14-23)22-10-6-5-7-11-22;2-1-3/h8-9,12,18-19H,4-7,10-11,13-14H2,1-3H3,(H,21,24);1H,(H,2,3). The van der Waals surface area contributed by atoms with Gasteiger partial charge in [0, 0.05) is 19.1 Å². The summed E-state index contributed by atoms with van der Waals surface area (Å²) < 4.78 is 0. The van der Waals surface area contributed by atoms with Gasteiger partial charge in [-0.05, 0) is 62.9 Å². The lowest BCUT2D eigenvalue weighted by molar-refractivity contribution is -0.122. The summed E-state index contributed by atoms with van der Waals surface area (Å²) in [5.41, 5.74) is 3.79. The van der Waals surface area contributed by atoms with Gasteiger partial charge >= 0.3 is 6.03 Å². The fraction of sp³-hybridized carbons (Fsp3) is 0.619. The molecule has 6 nitrogen and oxygen atoms in total. The molecule has 2 saturated heterocycles. The van der Waals surface area contributed by atoms with E-state index in [1.807, 2.05) is 4.90 Å². The van der Waals surface area contributed by atoms with Gasteiger partial charge in [-0.1, -0.05) is 31.5 Å². The fourth-order valence-corrected chi connectivity index (χ4v) is 3.78. The van der Waals surface area contributed by atoms with Crippen molar-refractivity contribution < 1.29 is 14.7 Å². The summed E-state index contributed by atoms with van der Waals surface area (Å²) in [6.07, 6.45) is 4.90. The van der Waals surface area contributed by atoms with Crippen molar-refractivity contribution in [3.8, 4) is 0 Å². The molecule has 27 heavy (non-hydrogen) atoms.